The van der Waals surface area contributed by atoms with Crippen LogP contribution < -0.4 is 4.90 Å². The van der Waals surface area contributed by atoms with Crippen molar-refractivity contribution >= 4 is 45.6 Å². The van der Waals surface area contributed by atoms with Crippen LogP contribution in [0.1, 0.15) is 10.6 Å². The van der Waals surface area contributed by atoms with E-state index in [-0.39, 0.29) is 5.91 Å². The molecule has 4 aromatic rings. The van der Waals surface area contributed by atoms with Crippen LogP contribution in [0.15, 0.2) is 59.2 Å². The maximum absolute atomic E-state index is 12.9. The van der Waals surface area contributed by atoms with E-state index >= 15 is 0 Å². The Morgan fingerprint density at radius 1 is 1.21 bits per heavy atom. The summed E-state index contributed by atoms with van der Waals surface area (Å²) in [7, 11) is 0. The minimum atomic E-state index is 0.105. The summed E-state index contributed by atoms with van der Waals surface area (Å²) in [6.45, 7) is 2.74. The van der Waals surface area contributed by atoms with E-state index in [0.717, 1.165) is 50.8 Å². The van der Waals surface area contributed by atoms with Crippen molar-refractivity contribution in [2.75, 3.05) is 17.2 Å². The Bertz CT molecular complexity index is 1220. The SMILES string of the molecule is Cc1nc(-c2ccc3c(c2)CCN3C(=O)CSc2ncnc3ccccc23)cs1. The highest BCUT2D eigenvalue weighted by molar-refractivity contribution is 8.00. The molecule has 0 saturated heterocycles. The summed E-state index contributed by atoms with van der Waals surface area (Å²) in [6, 6.07) is 14.2. The summed E-state index contributed by atoms with van der Waals surface area (Å²) in [5.74, 6) is 0.460. The number of hydrogen-bond donors (Lipinski definition) is 0. The van der Waals surface area contributed by atoms with Crippen molar-refractivity contribution < 1.29 is 4.79 Å². The van der Waals surface area contributed by atoms with E-state index < -0.39 is 0 Å². The standard InChI is InChI=1S/C22H18N4OS2/c1-14-25-19(11-28-14)15-6-7-20-16(10-15)8-9-26(20)21(27)12-29-22-17-4-2-3-5-18(17)23-13-24-22/h2-7,10-11,13H,8-9,12H2,1H3. The first-order chi connectivity index (χ1) is 14.2. The number of benzene rings is 2. The first-order valence-electron chi connectivity index (χ1n) is 9.37. The molecule has 0 N–H and O–H groups in total. The monoisotopic (exact) mass is 418 g/mol. The second-order valence-electron chi connectivity index (χ2n) is 6.88. The summed E-state index contributed by atoms with van der Waals surface area (Å²) in [5.41, 5.74) is 5.24. The van der Waals surface area contributed by atoms with E-state index in [2.05, 4.69) is 38.5 Å². The number of carbonyl (C=O) groups is 1. The number of nitrogens with zero attached hydrogens (tertiary/aromatic N) is 4. The van der Waals surface area contributed by atoms with Gasteiger partial charge in [0.1, 0.15) is 11.4 Å². The lowest BCUT2D eigenvalue weighted by molar-refractivity contribution is -0.116. The van der Waals surface area contributed by atoms with Gasteiger partial charge in [0.2, 0.25) is 5.91 Å². The van der Waals surface area contributed by atoms with Gasteiger partial charge in [0.15, 0.2) is 0 Å². The minimum Gasteiger partial charge on any atom is -0.311 e. The van der Waals surface area contributed by atoms with Gasteiger partial charge < -0.3 is 4.90 Å². The van der Waals surface area contributed by atoms with Gasteiger partial charge in [-0.1, -0.05) is 36.0 Å². The van der Waals surface area contributed by atoms with Gasteiger partial charge >= 0.3 is 0 Å². The average Bonchev–Trinajstić information content (AvgIpc) is 3.37. The third-order valence-corrected chi connectivity index (χ3v) is 6.79. The van der Waals surface area contributed by atoms with Gasteiger partial charge in [0.25, 0.3) is 0 Å². The number of carbonyl (C=O) groups excluding carboxylic acids is 1. The molecule has 1 amide bonds. The Labute approximate surface area is 176 Å². The molecule has 0 radical (unpaired) electrons. The molecule has 0 aliphatic carbocycles. The molecule has 29 heavy (non-hydrogen) atoms. The first-order valence-corrected chi connectivity index (χ1v) is 11.2. The topological polar surface area (TPSA) is 59.0 Å². The van der Waals surface area contributed by atoms with Crippen molar-refractivity contribution in [2.24, 2.45) is 0 Å². The zero-order valence-electron chi connectivity index (χ0n) is 15.8. The Kier molecular flexibility index (Phi) is 4.77. The van der Waals surface area contributed by atoms with Gasteiger partial charge in [-0.3, -0.25) is 4.79 Å². The van der Waals surface area contributed by atoms with Crippen LogP contribution in [0.3, 0.4) is 0 Å². The molecule has 0 saturated carbocycles. The Morgan fingerprint density at radius 3 is 2.97 bits per heavy atom. The number of aromatic nitrogens is 3. The van der Waals surface area contributed by atoms with Crippen molar-refractivity contribution in [3.05, 3.63) is 64.7 Å². The van der Waals surface area contributed by atoms with E-state index in [0.29, 0.717) is 5.75 Å². The van der Waals surface area contributed by atoms with E-state index in [1.165, 1.54) is 17.3 Å². The number of fused-ring (bicyclic) bond motifs is 2. The van der Waals surface area contributed by atoms with Gasteiger partial charge in [0.05, 0.1) is 22.0 Å². The molecule has 2 aromatic heterocycles. The highest BCUT2D eigenvalue weighted by Crippen LogP contribution is 2.33. The van der Waals surface area contributed by atoms with Crippen molar-refractivity contribution in [2.45, 2.75) is 18.4 Å². The normalized spacial score (nSPS) is 13.1. The third-order valence-electron chi connectivity index (χ3n) is 5.03. The third kappa shape index (κ3) is 3.52. The van der Waals surface area contributed by atoms with E-state index in [1.807, 2.05) is 36.1 Å². The molecule has 1 aliphatic heterocycles. The zero-order chi connectivity index (χ0) is 19.8. The maximum Gasteiger partial charge on any atom is 0.237 e. The van der Waals surface area contributed by atoms with Crippen LogP contribution in [-0.2, 0) is 11.2 Å². The highest BCUT2D eigenvalue weighted by atomic mass is 32.2. The second kappa shape index (κ2) is 7.57. The summed E-state index contributed by atoms with van der Waals surface area (Å²) in [6.07, 6.45) is 2.43. The number of rotatable bonds is 4. The fourth-order valence-electron chi connectivity index (χ4n) is 3.62. The minimum absolute atomic E-state index is 0.105. The van der Waals surface area contributed by atoms with Gasteiger partial charge in [-0.2, -0.15) is 0 Å². The van der Waals surface area contributed by atoms with Gasteiger partial charge in [-0.15, -0.1) is 11.3 Å². The molecule has 1 aliphatic rings. The quantitative estimate of drug-likeness (QED) is 0.354. The molecule has 0 fully saturated rings. The summed E-state index contributed by atoms with van der Waals surface area (Å²) in [4.78, 5) is 28.0. The van der Waals surface area contributed by atoms with E-state index in [9.17, 15) is 4.79 Å². The van der Waals surface area contributed by atoms with Gasteiger partial charge in [-0.05, 0) is 37.1 Å². The fraction of sp³-hybridized carbons (Fsp3) is 0.182. The number of aryl methyl sites for hydroxylation is 1. The van der Waals surface area contributed by atoms with Gasteiger partial charge in [0, 0.05) is 28.6 Å². The lowest BCUT2D eigenvalue weighted by atomic mass is 10.1. The van der Waals surface area contributed by atoms with Crippen LogP contribution in [-0.4, -0.2) is 33.2 Å². The largest absolute Gasteiger partial charge is 0.311 e. The van der Waals surface area contributed by atoms with Crippen molar-refractivity contribution in [3.63, 3.8) is 0 Å². The van der Waals surface area contributed by atoms with E-state index in [4.69, 9.17) is 0 Å². The zero-order valence-corrected chi connectivity index (χ0v) is 17.5. The predicted molar refractivity (Wildman–Crippen MR) is 119 cm³/mol. The van der Waals surface area contributed by atoms with Crippen molar-refractivity contribution in [1.29, 1.82) is 0 Å². The molecule has 2 aromatic carbocycles. The molecule has 0 bridgehead atoms. The van der Waals surface area contributed by atoms with Crippen LogP contribution in [0.4, 0.5) is 5.69 Å². The Balaban J connectivity index is 1.33. The molecule has 0 atom stereocenters. The lowest BCUT2D eigenvalue weighted by Crippen LogP contribution is -2.30. The van der Waals surface area contributed by atoms with Crippen LogP contribution in [0, 0.1) is 6.92 Å². The maximum atomic E-state index is 12.9. The Morgan fingerprint density at radius 2 is 2.10 bits per heavy atom. The number of thioether (sulfide) groups is 1. The Hall–Kier alpha value is -2.77. The van der Waals surface area contributed by atoms with E-state index in [1.54, 1.807) is 17.7 Å². The number of anilines is 1. The molecular formula is C22H18N4OS2. The van der Waals surface area contributed by atoms with Crippen LogP contribution in [0.2, 0.25) is 0 Å². The molecule has 3 heterocycles. The van der Waals surface area contributed by atoms with Crippen molar-refractivity contribution in [1.82, 2.24) is 15.0 Å². The smallest absolute Gasteiger partial charge is 0.237 e. The molecule has 5 nitrogen and oxygen atoms in total. The predicted octanol–water partition coefficient (Wildman–Crippen LogP) is 4.74. The molecule has 7 heteroatoms. The molecular weight excluding hydrogens is 400 g/mol. The summed E-state index contributed by atoms with van der Waals surface area (Å²) in [5, 5.41) is 4.97. The number of hydrogen-bond acceptors (Lipinski definition) is 6. The lowest BCUT2D eigenvalue weighted by Gasteiger charge is -2.17. The number of amides is 1. The summed E-state index contributed by atoms with van der Waals surface area (Å²) < 4.78 is 0. The average molecular weight is 419 g/mol. The second-order valence-corrected chi connectivity index (χ2v) is 8.90. The van der Waals surface area contributed by atoms with Crippen molar-refractivity contribution in [3.8, 4) is 11.3 Å². The van der Waals surface area contributed by atoms with Gasteiger partial charge in [-0.25, -0.2) is 15.0 Å². The highest BCUT2D eigenvalue weighted by Gasteiger charge is 2.25. The van der Waals surface area contributed by atoms with Crippen LogP contribution >= 0.6 is 23.1 Å². The van der Waals surface area contributed by atoms with Crippen LogP contribution in [0.5, 0.6) is 0 Å². The molecule has 0 spiro atoms. The number of thiazole rings is 1. The fourth-order valence-corrected chi connectivity index (χ4v) is 5.11. The number of para-hydroxylation sites is 1. The molecule has 5 rings (SSSR count). The molecule has 0 unspecified atom stereocenters. The molecule has 144 valence electrons. The summed E-state index contributed by atoms with van der Waals surface area (Å²) >= 11 is 3.13. The first kappa shape index (κ1) is 18.3. The van der Waals surface area contributed by atoms with Crippen LogP contribution in [0.25, 0.3) is 22.2 Å².